The molecule has 0 aliphatic heterocycles. The van der Waals surface area contributed by atoms with Gasteiger partial charge in [0.05, 0.1) is 7.11 Å². The van der Waals surface area contributed by atoms with Crippen molar-refractivity contribution in [2.45, 2.75) is 27.0 Å². The van der Waals surface area contributed by atoms with E-state index in [4.69, 9.17) is 9.47 Å². The molecule has 0 fully saturated rings. The highest BCUT2D eigenvalue weighted by Crippen LogP contribution is 2.31. The van der Waals surface area contributed by atoms with Gasteiger partial charge in [0.1, 0.15) is 6.61 Å². The molecule has 0 aliphatic rings. The lowest BCUT2D eigenvalue weighted by molar-refractivity contribution is 0.280. The van der Waals surface area contributed by atoms with Crippen LogP contribution >= 0.6 is 12.4 Å². The molecule has 3 nitrogen and oxygen atoms in total. The van der Waals surface area contributed by atoms with Gasteiger partial charge in [0.25, 0.3) is 0 Å². The number of halogens is 1. The van der Waals surface area contributed by atoms with Crippen LogP contribution in [0.5, 0.6) is 11.5 Å². The molecule has 2 rings (SSSR count). The molecule has 0 bridgehead atoms. The standard InChI is InChI=1S/C19H25NO2.ClH/c1-15(2)12-20-13-17-10-7-11-18(21-3)19(17)22-14-16-8-5-4-6-9-16;/h4-11,15,20H,12-14H2,1-3H3;1H. The fourth-order valence-corrected chi connectivity index (χ4v) is 2.25. The molecule has 0 radical (unpaired) electrons. The van der Waals surface area contributed by atoms with Crippen molar-refractivity contribution in [3.63, 3.8) is 0 Å². The van der Waals surface area contributed by atoms with Crippen molar-refractivity contribution in [2.75, 3.05) is 13.7 Å². The van der Waals surface area contributed by atoms with Crippen LogP contribution in [-0.4, -0.2) is 13.7 Å². The number of benzene rings is 2. The molecular formula is C19H26ClNO2. The zero-order valence-electron chi connectivity index (χ0n) is 14.0. The predicted octanol–water partition coefficient (Wildman–Crippen LogP) is 4.44. The SMILES string of the molecule is COc1cccc(CNCC(C)C)c1OCc1ccccc1.Cl. The minimum atomic E-state index is 0. The van der Waals surface area contributed by atoms with Crippen LogP contribution in [0.1, 0.15) is 25.0 Å². The van der Waals surface area contributed by atoms with Gasteiger partial charge in [-0.25, -0.2) is 0 Å². The van der Waals surface area contributed by atoms with E-state index in [-0.39, 0.29) is 12.4 Å². The Balaban J connectivity index is 0.00000264. The number of ether oxygens (including phenoxy) is 2. The van der Waals surface area contributed by atoms with E-state index in [2.05, 4.69) is 37.4 Å². The summed E-state index contributed by atoms with van der Waals surface area (Å²) in [6, 6.07) is 16.2. The van der Waals surface area contributed by atoms with Gasteiger partial charge in [0.15, 0.2) is 11.5 Å². The largest absolute Gasteiger partial charge is 0.493 e. The predicted molar refractivity (Wildman–Crippen MR) is 97.6 cm³/mol. The summed E-state index contributed by atoms with van der Waals surface area (Å²) in [6.45, 7) is 6.70. The first kappa shape index (κ1) is 19.3. The molecule has 2 aromatic rings. The molecule has 0 unspecified atom stereocenters. The van der Waals surface area contributed by atoms with Crippen molar-refractivity contribution in [2.24, 2.45) is 5.92 Å². The van der Waals surface area contributed by atoms with E-state index < -0.39 is 0 Å². The molecule has 2 aromatic carbocycles. The number of nitrogens with one attached hydrogen (secondary N) is 1. The minimum Gasteiger partial charge on any atom is -0.493 e. The lowest BCUT2D eigenvalue weighted by Gasteiger charge is -2.16. The summed E-state index contributed by atoms with van der Waals surface area (Å²) in [4.78, 5) is 0. The van der Waals surface area contributed by atoms with Crippen LogP contribution in [0, 0.1) is 5.92 Å². The summed E-state index contributed by atoms with van der Waals surface area (Å²) in [5.74, 6) is 2.23. The van der Waals surface area contributed by atoms with Crippen LogP contribution < -0.4 is 14.8 Å². The quantitative estimate of drug-likeness (QED) is 0.773. The average Bonchev–Trinajstić information content (AvgIpc) is 2.54. The van der Waals surface area contributed by atoms with Crippen LogP contribution in [0.25, 0.3) is 0 Å². The van der Waals surface area contributed by atoms with Gasteiger partial charge in [0.2, 0.25) is 0 Å². The number of methoxy groups -OCH3 is 1. The number of hydrogen-bond donors (Lipinski definition) is 1. The van der Waals surface area contributed by atoms with Gasteiger partial charge in [-0.2, -0.15) is 0 Å². The molecule has 4 heteroatoms. The average molecular weight is 336 g/mol. The summed E-state index contributed by atoms with van der Waals surface area (Å²) >= 11 is 0. The van der Waals surface area contributed by atoms with E-state index in [1.807, 2.05) is 30.3 Å². The molecule has 0 spiro atoms. The first-order valence-electron chi connectivity index (χ1n) is 7.74. The molecule has 23 heavy (non-hydrogen) atoms. The second-order valence-electron chi connectivity index (χ2n) is 5.75. The maximum atomic E-state index is 6.04. The molecule has 0 atom stereocenters. The molecule has 0 saturated heterocycles. The fourth-order valence-electron chi connectivity index (χ4n) is 2.25. The minimum absolute atomic E-state index is 0. The highest BCUT2D eigenvalue weighted by Gasteiger charge is 2.11. The zero-order chi connectivity index (χ0) is 15.8. The van der Waals surface area contributed by atoms with Crippen molar-refractivity contribution in [3.8, 4) is 11.5 Å². The maximum Gasteiger partial charge on any atom is 0.166 e. The summed E-state index contributed by atoms with van der Waals surface area (Å²) in [5, 5.41) is 3.46. The lowest BCUT2D eigenvalue weighted by Crippen LogP contribution is -2.19. The number of hydrogen-bond acceptors (Lipinski definition) is 3. The van der Waals surface area contributed by atoms with Crippen LogP contribution in [0.3, 0.4) is 0 Å². The Bertz CT molecular complexity index is 573. The molecule has 0 heterocycles. The normalized spacial score (nSPS) is 10.3. The second-order valence-corrected chi connectivity index (χ2v) is 5.75. The topological polar surface area (TPSA) is 30.5 Å². The number of rotatable bonds is 8. The van der Waals surface area contributed by atoms with Crippen LogP contribution in [0.2, 0.25) is 0 Å². The molecule has 0 aromatic heterocycles. The van der Waals surface area contributed by atoms with Gasteiger partial charge in [-0.3, -0.25) is 0 Å². The van der Waals surface area contributed by atoms with Gasteiger partial charge in [-0.1, -0.05) is 56.3 Å². The van der Waals surface area contributed by atoms with Crippen LogP contribution in [-0.2, 0) is 13.2 Å². The summed E-state index contributed by atoms with van der Waals surface area (Å²) in [5.41, 5.74) is 2.27. The smallest absolute Gasteiger partial charge is 0.166 e. The second kappa shape index (κ2) is 10.1. The van der Waals surface area contributed by atoms with Crippen molar-refractivity contribution >= 4 is 12.4 Å². The summed E-state index contributed by atoms with van der Waals surface area (Å²) in [6.07, 6.45) is 0. The fraction of sp³-hybridized carbons (Fsp3) is 0.368. The summed E-state index contributed by atoms with van der Waals surface area (Å²) < 4.78 is 11.5. The Kier molecular flexibility index (Phi) is 8.52. The Morgan fingerprint density at radius 2 is 1.74 bits per heavy atom. The Morgan fingerprint density at radius 1 is 1.00 bits per heavy atom. The van der Waals surface area contributed by atoms with Gasteiger partial charge >= 0.3 is 0 Å². The molecular weight excluding hydrogens is 310 g/mol. The van der Waals surface area contributed by atoms with Crippen molar-refractivity contribution in [3.05, 3.63) is 59.7 Å². The third-order valence-corrected chi connectivity index (χ3v) is 3.37. The third-order valence-electron chi connectivity index (χ3n) is 3.37. The van der Waals surface area contributed by atoms with E-state index in [1.54, 1.807) is 7.11 Å². The van der Waals surface area contributed by atoms with E-state index in [1.165, 1.54) is 0 Å². The van der Waals surface area contributed by atoms with Crippen molar-refractivity contribution in [1.82, 2.24) is 5.32 Å². The Morgan fingerprint density at radius 3 is 2.39 bits per heavy atom. The molecule has 0 aliphatic carbocycles. The van der Waals surface area contributed by atoms with E-state index in [0.717, 1.165) is 35.7 Å². The Hall–Kier alpha value is -1.71. The lowest BCUT2D eigenvalue weighted by atomic mass is 10.1. The van der Waals surface area contributed by atoms with Gasteiger partial charge in [0, 0.05) is 12.1 Å². The molecule has 126 valence electrons. The molecule has 1 N–H and O–H groups in total. The third kappa shape index (κ3) is 6.12. The number of para-hydroxylation sites is 1. The maximum absolute atomic E-state index is 6.04. The van der Waals surface area contributed by atoms with Gasteiger partial charge < -0.3 is 14.8 Å². The van der Waals surface area contributed by atoms with E-state index in [9.17, 15) is 0 Å². The van der Waals surface area contributed by atoms with Gasteiger partial charge in [-0.15, -0.1) is 12.4 Å². The van der Waals surface area contributed by atoms with Gasteiger partial charge in [-0.05, 0) is 24.1 Å². The van der Waals surface area contributed by atoms with Crippen LogP contribution in [0.4, 0.5) is 0 Å². The highest BCUT2D eigenvalue weighted by molar-refractivity contribution is 5.85. The summed E-state index contributed by atoms with van der Waals surface area (Å²) in [7, 11) is 1.68. The highest BCUT2D eigenvalue weighted by atomic mass is 35.5. The van der Waals surface area contributed by atoms with E-state index in [0.29, 0.717) is 12.5 Å². The zero-order valence-corrected chi connectivity index (χ0v) is 14.9. The monoisotopic (exact) mass is 335 g/mol. The Labute approximate surface area is 145 Å². The first-order valence-corrected chi connectivity index (χ1v) is 7.74. The molecule has 0 amide bonds. The van der Waals surface area contributed by atoms with Crippen molar-refractivity contribution in [1.29, 1.82) is 0 Å². The van der Waals surface area contributed by atoms with E-state index >= 15 is 0 Å². The molecule has 0 saturated carbocycles. The first-order chi connectivity index (χ1) is 10.7. The van der Waals surface area contributed by atoms with Crippen molar-refractivity contribution < 1.29 is 9.47 Å². The van der Waals surface area contributed by atoms with Crippen LogP contribution in [0.15, 0.2) is 48.5 Å².